The molecule has 0 atom stereocenters. The van der Waals surface area contributed by atoms with Crippen LogP contribution in [0.4, 0.5) is 0 Å². The highest BCUT2D eigenvalue weighted by molar-refractivity contribution is 7.97. The predicted octanol–water partition coefficient (Wildman–Crippen LogP) is 3.85. The molecule has 2 aromatic rings. The van der Waals surface area contributed by atoms with Crippen LogP contribution in [0.15, 0.2) is 9.05 Å². The molecule has 3 rings (SSSR count). The van der Waals surface area contributed by atoms with Gasteiger partial charge >= 0.3 is 0 Å². The van der Waals surface area contributed by atoms with Crippen LogP contribution in [0, 0.1) is 6.92 Å². The first-order valence-corrected chi connectivity index (χ1v) is 8.43. The number of fused-ring (bicyclic) bond motifs is 1. The standard InChI is InChI=1S/C15H20N2O2S/c1-3-14-10(2)12(16-18-14)8-20-9-13-11-6-4-5-7-15(11)19-17-13/h3-9H2,1-2H3. The van der Waals surface area contributed by atoms with E-state index < -0.39 is 0 Å². The molecule has 0 N–H and O–H groups in total. The highest BCUT2D eigenvalue weighted by atomic mass is 32.2. The summed E-state index contributed by atoms with van der Waals surface area (Å²) in [7, 11) is 0. The second-order valence-corrected chi connectivity index (χ2v) is 6.25. The molecule has 2 heterocycles. The van der Waals surface area contributed by atoms with Crippen LogP contribution in [-0.4, -0.2) is 10.3 Å². The molecule has 4 nitrogen and oxygen atoms in total. The lowest BCUT2D eigenvalue weighted by Crippen LogP contribution is -2.01. The van der Waals surface area contributed by atoms with Crippen molar-refractivity contribution < 1.29 is 9.05 Å². The normalized spacial score (nSPS) is 14.5. The molecule has 1 aliphatic rings. The third-order valence-electron chi connectivity index (χ3n) is 3.95. The summed E-state index contributed by atoms with van der Waals surface area (Å²) in [5.41, 5.74) is 4.74. The van der Waals surface area contributed by atoms with Crippen LogP contribution in [0.5, 0.6) is 0 Å². The van der Waals surface area contributed by atoms with Crippen molar-refractivity contribution in [3.8, 4) is 0 Å². The highest BCUT2D eigenvalue weighted by Crippen LogP contribution is 2.28. The summed E-state index contributed by atoms with van der Waals surface area (Å²) in [6.07, 6.45) is 5.56. The first-order valence-electron chi connectivity index (χ1n) is 7.27. The number of aryl methyl sites for hydroxylation is 2. The Labute approximate surface area is 123 Å². The molecule has 0 aromatic carbocycles. The summed E-state index contributed by atoms with van der Waals surface area (Å²) in [4.78, 5) is 0. The van der Waals surface area contributed by atoms with Gasteiger partial charge in [0.15, 0.2) is 0 Å². The summed E-state index contributed by atoms with van der Waals surface area (Å²) in [5, 5.41) is 8.39. The molecule has 0 aliphatic heterocycles. The maximum absolute atomic E-state index is 5.44. The van der Waals surface area contributed by atoms with Crippen LogP contribution in [0.25, 0.3) is 0 Å². The Morgan fingerprint density at radius 2 is 1.80 bits per heavy atom. The second-order valence-electron chi connectivity index (χ2n) is 5.26. The van der Waals surface area contributed by atoms with Crippen molar-refractivity contribution in [2.24, 2.45) is 0 Å². The van der Waals surface area contributed by atoms with Crippen LogP contribution in [0.3, 0.4) is 0 Å². The zero-order chi connectivity index (χ0) is 13.9. The van der Waals surface area contributed by atoms with Crippen molar-refractivity contribution in [3.05, 3.63) is 34.0 Å². The maximum Gasteiger partial charge on any atom is 0.140 e. The molecule has 0 spiro atoms. The van der Waals surface area contributed by atoms with Crippen LogP contribution < -0.4 is 0 Å². The van der Waals surface area contributed by atoms with E-state index in [0.717, 1.165) is 53.7 Å². The summed E-state index contributed by atoms with van der Waals surface area (Å²) in [5.74, 6) is 3.88. The summed E-state index contributed by atoms with van der Waals surface area (Å²) in [6.45, 7) is 4.18. The average Bonchev–Trinajstić information content (AvgIpc) is 3.04. The molecule has 0 saturated heterocycles. The van der Waals surface area contributed by atoms with Crippen LogP contribution in [0.1, 0.15) is 53.8 Å². The Morgan fingerprint density at radius 1 is 1.05 bits per heavy atom. The lowest BCUT2D eigenvalue weighted by molar-refractivity contribution is 0.369. The molecule has 20 heavy (non-hydrogen) atoms. The molecule has 0 unspecified atom stereocenters. The quantitative estimate of drug-likeness (QED) is 0.838. The van der Waals surface area contributed by atoms with Gasteiger partial charge in [0.25, 0.3) is 0 Å². The van der Waals surface area contributed by atoms with E-state index in [1.807, 2.05) is 11.8 Å². The minimum absolute atomic E-state index is 0.872. The molecule has 0 bridgehead atoms. The Balaban J connectivity index is 1.60. The molecular weight excluding hydrogens is 272 g/mol. The SMILES string of the molecule is CCc1onc(CSCc2noc3c2CCCC3)c1C. The van der Waals surface area contributed by atoms with E-state index >= 15 is 0 Å². The van der Waals surface area contributed by atoms with Gasteiger partial charge in [0.05, 0.1) is 11.4 Å². The number of nitrogens with zero attached hydrogens (tertiary/aromatic N) is 2. The lowest BCUT2D eigenvalue weighted by Gasteiger charge is -2.08. The van der Waals surface area contributed by atoms with E-state index in [9.17, 15) is 0 Å². The third-order valence-corrected chi connectivity index (χ3v) is 4.90. The van der Waals surface area contributed by atoms with Crippen LogP contribution in [0.2, 0.25) is 0 Å². The lowest BCUT2D eigenvalue weighted by atomic mass is 9.97. The fourth-order valence-corrected chi connectivity index (χ4v) is 3.66. The minimum Gasteiger partial charge on any atom is -0.361 e. The predicted molar refractivity (Wildman–Crippen MR) is 78.8 cm³/mol. The molecule has 0 fully saturated rings. The summed E-state index contributed by atoms with van der Waals surface area (Å²) < 4.78 is 10.8. The molecule has 2 aromatic heterocycles. The van der Waals surface area contributed by atoms with E-state index in [1.165, 1.54) is 24.0 Å². The minimum atomic E-state index is 0.872. The van der Waals surface area contributed by atoms with Crippen molar-refractivity contribution >= 4 is 11.8 Å². The van der Waals surface area contributed by atoms with Crippen molar-refractivity contribution in [1.29, 1.82) is 0 Å². The van der Waals surface area contributed by atoms with E-state index in [1.54, 1.807) is 0 Å². The third kappa shape index (κ3) is 2.64. The van der Waals surface area contributed by atoms with Gasteiger partial charge in [-0.05, 0) is 26.2 Å². The first kappa shape index (κ1) is 13.7. The molecule has 0 amide bonds. The number of thioether (sulfide) groups is 1. The van der Waals surface area contributed by atoms with Crippen molar-refractivity contribution in [3.63, 3.8) is 0 Å². The smallest absolute Gasteiger partial charge is 0.140 e. The number of hydrogen-bond donors (Lipinski definition) is 0. The molecule has 108 valence electrons. The van der Waals surface area contributed by atoms with E-state index in [0.29, 0.717) is 0 Å². The molecule has 0 radical (unpaired) electrons. The molecule has 1 aliphatic carbocycles. The fraction of sp³-hybridized carbons (Fsp3) is 0.600. The number of rotatable bonds is 5. The molecule has 5 heteroatoms. The fourth-order valence-electron chi connectivity index (χ4n) is 2.68. The Hall–Kier alpha value is -1.23. The second kappa shape index (κ2) is 6.04. The summed E-state index contributed by atoms with van der Waals surface area (Å²) in [6, 6.07) is 0. The average molecular weight is 292 g/mol. The van der Waals surface area contributed by atoms with Crippen molar-refractivity contribution in [2.45, 2.75) is 57.5 Å². The van der Waals surface area contributed by atoms with Crippen molar-refractivity contribution in [2.75, 3.05) is 0 Å². The van der Waals surface area contributed by atoms with Gasteiger partial charge < -0.3 is 9.05 Å². The zero-order valence-electron chi connectivity index (χ0n) is 12.1. The maximum atomic E-state index is 5.44. The van der Waals surface area contributed by atoms with Gasteiger partial charge in [0, 0.05) is 35.5 Å². The Bertz CT molecular complexity index is 589. The number of aromatic nitrogens is 2. The van der Waals surface area contributed by atoms with Gasteiger partial charge in [-0.25, -0.2) is 0 Å². The van der Waals surface area contributed by atoms with Crippen LogP contribution in [-0.2, 0) is 30.8 Å². The topological polar surface area (TPSA) is 52.1 Å². The first-order chi connectivity index (χ1) is 9.79. The Morgan fingerprint density at radius 3 is 2.60 bits per heavy atom. The largest absolute Gasteiger partial charge is 0.361 e. The van der Waals surface area contributed by atoms with Gasteiger partial charge in [-0.15, -0.1) is 11.8 Å². The molecule has 0 saturated carbocycles. The zero-order valence-corrected chi connectivity index (χ0v) is 12.9. The van der Waals surface area contributed by atoms with E-state index in [4.69, 9.17) is 9.05 Å². The van der Waals surface area contributed by atoms with Gasteiger partial charge in [-0.3, -0.25) is 0 Å². The van der Waals surface area contributed by atoms with Crippen LogP contribution >= 0.6 is 11.8 Å². The summed E-state index contributed by atoms with van der Waals surface area (Å²) >= 11 is 1.83. The Kier molecular flexibility index (Phi) is 4.15. The monoisotopic (exact) mass is 292 g/mol. The van der Waals surface area contributed by atoms with Gasteiger partial charge in [0.2, 0.25) is 0 Å². The van der Waals surface area contributed by atoms with Gasteiger partial charge in [0.1, 0.15) is 11.5 Å². The molecular formula is C15H20N2O2S. The van der Waals surface area contributed by atoms with E-state index in [-0.39, 0.29) is 0 Å². The highest BCUT2D eigenvalue weighted by Gasteiger charge is 2.19. The van der Waals surface area contributed by atoms with Crippen molar-refractivity contribution in [1.82, 2.24) is 10.3 Å². The van der Waals surface area contributed by atoms with Gasteiger partial charge in [-0.1, -0.05) is 17.2 Å². The van der Waals surface area contributed by atoms with Gasteiger partial charge in [-0.2, -0.15) is 0 Å². The number of hydrogen-bond acceptors (Lipinski definition) is 5. The van der Waals surface area contributed by atoms with E-state index in [2.05, 4.69) is 24.2 Å².